The molecule has 4 nitrogen and oxygen atoms in total. The van der Waals surface area contributed by atoms with Gasteiger partial charge in [-0.15, -0.1) is 5.10 Å². The van der Waals surface area contributed by atoms with Gasteiger partial charge in [0.2, 0.25) is 0 Å². The summed E-state index contributed by atoms with van der Waals surface area (Å²) >= 11 is 0. The van der Waals surface area contributed by atoms with Crippen LogP contribution in [0.25, 0.3) is 0 Å². The zero-order valence-electron chi connectivity index (χ0n) is 10.1. The highest BCUT2D eigenvalue weighted by molar-refractivity contribution is 5.22. The number of rotatable bonds is 5. The highest BCUT2D eigenvalue weighted by Crippen LogP contribution is 2.16. The summed E-state index contributed by atoms with van der Waals surface area (Å²) in [5.41, 5.74) is 7.14. The number of aromatic nitrogens is 3. The summed E-state index contributed by atoms with van der Waals surface area (Å²) in [6.45, 7) is 2.12. The van der Waals surface area contributed by atoms with Crippen molar-refractivity contribution >= 4 is 5.82 Å². The molecule has 0 spiro atoms. The van der Waals surface area contributed by atoms with Crippen molar-refractivity contribution in [3.05, 3.63) is 42.1 Å². The molecular formula is C13H18N4. The number of nitrogens with zero attached hydrogens (tertiary/aromatic N) is 3. The predicted molar refractivity (Wildman–Crippen MR) is 68.5 cm³/mol. The third-order valence-electron chi connectivity index (χ3n) is 2.95. The summed E-state index contributed by atoms with van der Waals surface area (Å²) in [7, 11) is 0. The number of benzene rings is 1. The van der Waals surface area contributed by atoms with E-state index in [1.165, 1.54) is 5.56 Å². The first-order valence-corrected chi connectivity index (χ1v) is 5.97. The van der Waals surface area contributed by atoms with Crippen LogP contribution in [0.5, 0.6) is 0 Å². The van der Waals surface area contributed by atoms with E-state index >= 15 is 0 Å². The van der Waals surface area contributed by atoms with Crippen LogP contribution in [-0.4, -0.2) is 15.0 Å². The molecule has 0 aliphatic heterocycles. The van der Waals surface area contributed by atoms with E-state index in [9.17, 15) is 0 Å². The smallest absolute Gasteiger partial charge is 0.142 e. The lowest BCUT2D eigenvalue weighted by Gasteiger charge is -2.12. The van der Waals surface area contributed by atoms with Crippen LogP contribution in [0.2, 0.25) is 0 Å². The Kier molecular flexibility index (Phi) is 3.75. The topological polar surface area (TPSA) is 56.7 Å². The summed E-state index contributed by atoms with van der Waals surface area (Å²) in [6.07, 6.45) is 4.88. The molecule has 0 saturated heterocycles. The third kappa shape index (κ3) is 3.06. The van der Waals surface area contributed by atoms with Gasteiger partial charge in [-0.1, -0.05) is 35.5 Å². The summed E-state index contributed by atoms with van der Waals surface area (Å²) < 4.78 is 1.78. The minimum Gasteiger partial charge on any atom is -0.383 e. The SMILES string of the molecule is CC(CCCc1ccccc1)n1nncc1N. The van der Waals surface area contributed by atoms with E-state index in [1.807, 2.05) is 6.07 Å². The number of aryl methyl sites for hydroxylation is 1. The highest BCUT2D eigenvalue weighted by Gasteiger charge is 2.08. The number of nitrogen functional groups attached to an aromatic ring is 1. The van der Waals surface area contributed by atoms with E-state index in [1.54, 1.807) is 10.9 Å². The van der Waals surface area contributed by atoms with Crippen molar-refractivity contribution in [1.82, 2.24) is 15.0 Å². The van der Waals surface area contributed by atoms with Crippen LogP contribution in [0.1, 0.15) is 31.4 Å². The summed E-state index contributed by atoms with van der Waals surface area (Å²) in [5, 5.41) is 7.78. The van der Waals surface area contributed by atoms with Crippen molar-refractivity contribution < 1.29 is 0 Å². The maximum Gasteiger partial charge on any atom is 0.142 e. The molecule has 1 unspecified atom stereocenters. The van der Waals surface area contributed by atoms with Gasteiger partial charge in [-0.2, -0.15) is 0 Å². The van der Waals surface area contributed by atoms with Gasteiger partial charge in [0.1, 0.15) is 5.82 Å². The fourth-order valence-electron chi connectivity index (χ4n) is 1.96. The van der Waals surface area contributed by atoms with Gasteiger partial charge in [-0.05, 0) is 31.7 Å². The number of hydrogen-bond donors (Lipinski definition) is 1. The van der Waals surface area contributed by atoms with Crippen LogP contribution in [-0.2, 0) is 6.42 Å². The maximum atomic E-state index is 5.76. The Bertz CT molecular complexity index is 449. The Morgan fingerprint density at radius 2 is 2.06 bits per heavy atom. The Morgan fingerprint density at radius 3 is 2.71 bits per heavy atom. The fraction of sp³-hybridized carbons (Fsp3) is 0.385. The van der Waals surface area contributed by atoms with Crippen LogP contribution < -0.4 is 5.73 Å². The second-order valence-electron chi connectivity index (χ2n) is 4.33. The monoisotopic (exact) mass is 230 g/mol. The normalized spacial score (nSPS) is 12.5. The summed E-state index contributed by atoms with van der Waals surface area (Å²) in [5.74, 6) is 0.636. The summed E-state index contributed by atoms with van der Waals surface area (Å²) in [6, 6.07) is 10.8. The largest absolute Gasteiger partial charge is 0.383 e. The van der Waals surface area contributed by atoms with Crippen LogP contribution >= 0.6 is 0 Å². The standard InChI is InChI=1S/C13H18N4/c1-11(17-13(14)10-15-16-17)6-5-9-12-7-3-2-4-8-12/h2-4,7-8,10-11H,5-6,9,14H2,1H3. The van der Waals surface area contributed by atoms with Crippen molar-refractivity contribution in [3.8, 4) is 0 Å². The van der Waals surface area contributed by atoms with Crippen LogP contribution in [0.4, 0.5) is 5.82 Å². The van der Waals surface area contributed by atoms with Crippen molar-refractivity contribution in [2.24, 2.45) is 0 Å². The molecule has 0 fully saturated rings. The maximum absolute atomic E-state index is 5.76. The lowest BCUT2D eigenvalue weighted by atomic mass is 10.1. The quantitative estimate of drug-likeness (QED) is 0.858. The van der Waals surface area contributed by atoms with Crippen molar-refractivity contribution in [2.45, 2.75) is 32.2 Å². The van der Waals surface area contributed by atoms with Gasteiger partial charge >= 0.3 is 0 Å². The lowest BCUT2D eigenvalue weighted by molar-refractivity contribution is 0.441. The van der Waals surface area contributed by atoms with Crippen LogP contribution in [0.3, 0.4) is 0 Å². The van der Waals surface area contributed by atoms with E-state index < -0.39 is 0 Å². The predicted octanol–water partition coefficient (Wildman–Crippen LogP) is 2.44. The van der Waals surface area contributed by atoms with E-state index in [-0.39, 0.29) is 0 Å². The fourth-order valence-corrected chi connectivity index (χ4v) is 1.96. The van der Waals surface area contributed by atoms with Crippen molar-refractivity contribution in [1.29, 1.82) is 0 Å². The first kappa shape index (κ1) is 11.6. The molecule has 0 radical (unpaired) electrons. The molecule has 0 saturated carbocycles. The molecule has 1 heterocycles. The number of hydrogen-bond acceptors (Lipinski definition) is 3. The minimum atomic E-state index is 0.307. The average Bonchev–Trinajstić information content (AvgIpc) is 2.77. The van der Waals surface area contributed by atoms with Gasteiger partial charge in [0.05, 0.1) is 12.2 Å². The molecule has 2 aromatic rings. The first-order chi connectivity index (χ1) is 8.27. The lowest BCUT2D eigenvalue weighted by Crippen LogP contribution is -2.10. The molecule has 1 atom stereocenters. The molecule has 2 rings (SSSR count). The highest BCUT2D eigenvalue weighted by atomic mass is 15.4. The van der Waals surface area contributed by atoms with E-state index in [0.29, 0.717) is 11.9 Å². The third-order valence-corrected chi connectivity index (χ3v) is 2.95. The first-order valence-electron chi connectivity index (χ1n) is 5.97. The van der Waals surface area contributed by atoms with Gasteiger partial charge in [-0.3, -0.25) is 0 Å². The molecular weight excluding hydrogens is 212 g/mol. The molecule has 1 aromatic carbocycles. The van der Waals surface area contributed by atoms with E-state index in [2.05, 4.69) is 41.5 Å². The second kappa shape index (κ2) is 5.48. The minimum absolute atomic E-state index is 0.307. The van der Waals surface area contributed by atoms with Gasteiger partial charge in [0, 0.05) is 0 Å². The molecule has 0 aliphatic rings. The van der Waals surface area contributed by atoms with E-state index in [0.717, 1.165) is 19.3 Å². The Balaban J connectivity index is 1.81. The average molecular weight is 230 g/mol. The molecule has 1 aromatic heterocycles. The van der Waals surface area contributed by atoms with Crippen LogP contribution in [0.15, 0.2) is 36.5 Å². The number of nitrogens with two attached hydrogens (primary N) is 1. The van der Waals surface area contributed by atoms with Crippen molar-refractivity contribution in [3.63, 3.8) is 0 Å². The van der Waals surface area contributed by atoms with Crippen molar-refractivity contribution in [2.75, 3.05) is 5.73 Å². The Hall–Kier alpha value is -1.84. The van der Waals surface area contributed by atoms with Gasteiger partial charge in [0.15, 0.2) is 0 Å². The summed E-state index contributed by atoms with van der Waals surface area (Å²) in [4.78, 5) is 0. The zero-order chi connectivity index (χ0) is 12.1. The molecule has 0 bridgehead atoms. The van der Waals surface area contributed by atoms with Gasteiger partial charge < -0.3 is 5.73 Å². The molecule has 17 heavy (non-hydrogen) atoms. The number of anilines is 1. The Labute approximate surface area is 101 Å². The van der Waals surface area contributed by atoms with Crippen LogP contribution in [0, 0.1) is 0 Å². The molecule has 4 heteroatoms. The zero-order valence-corrected chi connectivity index (χ0v) is 10.1. The molecule has 2 N–H and O–H groups in total. The molecule has 0 amide bonds. The second-order valence-corrected chi connectivity index (χ2v) is 4.33. The molecule has 0 aliphatic carbocycles. The molecule has 90 valence electrons. The Morgan fingerprint density at radius 1 is 1.29 bits per heavy atom. The van der Waals surface area contributed by atoms with E-state index in [4.69, 9.17) is 5.73 Å². The van der Waals surface area contributed by atoms with Gasteiger partial charge in [-0.25, -0.2) is 4.68 Å². The van der Waals surface area contributed by atoms with Gasteiger partial charge in [0.25, 0.3) is 0 Å².